The smallest absolute Gasteiger partial charge is 0.341 e. The topological polar surface area (TPSA) is 98.2 Å². The molecule has 7 heteroatoms. The number of hydrogen-bond acceptors (Lipinski definition) is 5. The van der Waals surface area contributed by atoms with Crippen LogP contribution in [0.15, 0.2) is 21.6 Å². The Morgan fingerprint density at radius 2 is 2.11 bits per heavy atom. The molecule has 1 N–H and O–H groups in total. The fourth-order valence-electron chi connectivity index (χ4n) is 1.57. The Morgan fingerprint density at radius 1 is 1.39 bits per heavy atom. The van der Waals surface area contributed by atoms with Gasteiger partial charge >= 0.3 is 5.97 Å². The van der Waals surface area contributed by atoms with Crippen LogP contribution in [-0.4, -0.2) is 26.0 Å². The third kappa shape index (κ3) is 2.02. The van der Waals surface area contributed by atoms with E-state index in [1.54, 1.807) is 19.9 Å². The van der Waals surface area contributed by atoms with Crippen LogP contribution in [0.2, 0.25) is 0 Å². The summed E-state index contributed by atoms with van der Waals surface area (Å²) < 4.78 is 5.87. The maximum absolute atomic E-state index is 12.0. The molecular weight excluding hydrogens is 238 g/mol. The lowest BCUT2D eigenvalue weighted by Crippen LogP contribution is -2.28. The van der Waals surface area contributed by atoms with E-state index < -0.39 is 11.5 Å². The molecule has 2 rings (SSSR count). The summed E-state index contributed by atoms with van der Waals surface area (Å²) in [6.07, 6.45) is 0. The number of aromatic carboxylic acids is 1. The predicted octanol–water partition coefficient (Wildman–Crippen LogP) is 0.595. The van der Waals surface area contributed by atoms with Crippen LogP contribution in [0.3, 0.4) is 0 Å². The third-order valence-electron chi connectivity index (χ3n) is 2.68. The fraction of sp³-hybridized carbons (Fsp3) is 0.273. The van der Waals surface area contributed by atoms with Crippen LogP contribution in [0.5, 0.6) is 0 Å². The molecule has 94 valence electrons. The van der Waals surface area contributed by atoms with Crippen molar-refractivity contribution in [3.63, 3.8) is 0 Å². The summed E-state index contributed by atoms with van der Waals surface area (Å²) in [5.41, 5.74) is 0.886. The molecule has 2 aromatic heterocycles. The average molecular weight is 249 g/mol. The first-order valence-electron chi connectivity index (χ1n) is 5.22. The number of carboxylic acids is 1. The molecule has 2 aromatic rings. The molecular formula is C11H11N3O4. The van der Waals surface area contributed by atoms with E-state index in [2.05, 4.69) is 14.9 Å². The number of carboxylic acid groups (broad SMARTS) is 1. The SMILES string of the molecule is Cc1nonc1Cn1c(C)ccc(C(=O)O)c1=O. The molecule has 0 aliphatic heterocycles. The van der Waals surface area contributed by atoms with Crippen LogP contribution in [0.1, 0.15) is 27.4 Å². The van der Waals surface area contributed by atoms with Gasteiger partial charge in [-0.15, -0.1) is 0 Å². The molecule has 0 spiro atoms. The molecule has 0 aromatic carbocycles. The zero-order chi connectivity index (χ0) is 13.3. The van der Waals surface area contributed by atoms with Gasteiger partial charge in [0.05, 0.1) is 6.54 Å². The van der Waals surface area contributed by atoms with Crippen LogP contribution in [0.4, 0.5) is 0 Å². The standard InChI is InChI=1S/C11H11N3O4/c1-6-3-4-8(11(16)17)10(15)14(6)5-9-7(2)12-18-13-9/h3-4H,5H2,1-2H3,(H,16,17). The van der Waals surface area contributed by atoms with E-state index in [1.165, 1.54) is 10.6 Å². The molecule has 0 bridgehead atoms. The minimum atomic E-state index is -1.25. The Hall–Kier alpha value is -2.44. The normalized spacial score (nSPS) is 10.6. The minimum absolute atomic E-state index is 0.140. The Bertz CT molecular complexity index is 657. The lowest BCUT2D eigenvalue weighted by Gasteiger charge is -2.08. The van der Waals surface area contributed by atoms with E-state index in [1.807, 2.05) is 0 Å². The Kier molecular flexibility index (Phi) is 2.97. The number of rotatable bonds is 3. The lowest BCUT2D eigenvalue weighted by molar-refractivity contribution is 0.0694. The van der Waals surface area contributed by atoms with Gasteiger partial charge in [0.15, 0.2) is 0 Å². The van der Waals surface area contributed by atoms with Crippen molar-refractivity contribution in [3.8, 4) is 0 Å². The van der Waals surface area contributed by atoms with Crippen molar-refractivity contribution >= 4 is 5.97 Å². The van der Waals surface area contributed by atoms with Gasteiger partial charge < -0.3 is 9.67 Å². The average Bonchev–Trinajstić information content (AvgIpc) is 2.69. The van der Waals surface area contributed by atoms with E-state index in [0.29, 0.717) is 17.1 Å². The van der Waals surface area contributed by atoms with Crippen molar-refractivity contribution in [2.75, 3.05) is 0 Å². The maximum Gasteiger partial charge on any atom is 0.341 e. The molecule has 0 amide bonds. The molecule has 0 saturated carbocycles. The molecule has 18 heavy (non-hydrogen) atoms. The first-order chi connectivity index (χ1) is 8.50. The summed E-state index contributed by atoms with van der Waals surface area (Å²) in [6, 6.07) is 2.87. The van der Waals surface area contributed by atoms with Crippen LogP contribution >= 0.6 is 0 Å². The molecule has 0 aliphatic carbocycles. The quantitative estimate of drug-likeness (QED) is 0.855. The first kappa shape index (κ1) is 12.0. The summed E-state index contributed by atoms with van der Waals surface area (Å²) in [5, 5.41) is 16.2. The van der Waals surface area contributed by atoms with Crippen molar-refractivity contribution in [2.45, 2.75) is 20.4 Å². The van der Waals surface area contributed by atoms with Crippen molar-refractivity contribution in [1.82, 2.24) is 14.9 Å². The second kappa shape index (κ2) is 4.44. The largest absolute Gasteiger partial charge is 0.477 e. The van der Waals surface area contributed by atoms with Crippen molar-refractivity contribution < 1.29 is 14.5 Å². The number of aromatic nitrogens is 3. The molecule has 0 fully saturated rings. The van der Waals surface area contributed by atoms with Crippen LogP contribution in [-0.2, 0) is 6.54 Å². The third-order valence-corrected chi connectivity index (χ3v) is 2.68. The van der Waals surface area contributed by atoms with Gasteiger partial charge in [-0.25, -0.2) is 9.42 Å². The summed E-state index contributed by atoms with van der Waals surface area (Å²) in [7, 11) is 0. The van der Waals surface area contributed by atoms with Crippen molar-refractivity contribution in [1.29, 1.82) is 0 Å². The summed E-state index contributed by atoms with van der Waals surface area (Å²) in [6.45, 7) is 3.56. The molecule has 0 saturated heterocycles. The zero-order valence-corrected chi connectivity index (χ0v) is 9.88. The fourth-order valence-corrected chi connectivity index (χ4v) is 1.57. The second-order valence-corrected chi connectivity index (χ2v) is 3.88. The number of aryl methyl sites for hydroxylation is 2. The van der Waals surface area contributed by atoms with Crippen molar-refractivity contribution in [2.24, 2.45) is 0 Å². The highest BCUT2D eigenvalue weighted by Crippen LogP contribution is 2.05. The van der Waals surface area contributed by atoms with E-state index in [9.17, 15) is 9.59 Å². The Morgan fingerprint density at radius 3 is 2.67 bits per heavy atom. The van der Waals surface area contributed by atoms with Gasteiger partial charge in [-0.1, -0.05) is 10.3 Å². The van der Waals surface area contributed by atoms with E-state index in [4.69, 9.17) is 5.11 Å². The van der Waals surface area contributed by atoms with Gasteiger partial charge in [-0.3, -0.25) is 4.79 Å². The molecule has 0 aliphatic rings. The summed E-state index contributed by atoms with van der Waals surface area (Å²) >= 11 is 0. The van der Waals surface area contributed by atoms with Gasteiger partial charge in [0.1, 0.15) is 17.0 Å². The van der Waals surface area contributed by atoms with Gasteiger partial charge in [0.2, 0.25) is 0 Å². The van der Waals surface area contributed by atoms with Crippen LogP contribution in [0, 0.1) is 13.8 Å². The number of pyridine rings is 1. The van der Waals surface area contributed by atoms with Gasteiger partial charge in [0, 0.05) is 5.69 Å². The highest BCUT2D eigenvalue weighted by Gasteiger charge is 2.14. The predicted molar refractivity (Wildman–Crippen MR) is 60.5 cm³/mol. The van der Waals surface area contributed by atoms with Crippen LogP contribution in [0.25, 0.3) is 0 Å². The van der Waals surface area contributed by atoms with E-state index in [-0.39, 0.29) is 12.1 Å². The molecule has 7 nitrogen and oxygen atoms in total. The van der Waals surface area contributed by atoms with E-state index in [0.717, 1.165) is 0 Å². The van der Waals surface area contributed by atoms with Crippen LogP contribution < -0.4 is 5.56 Å². The van der Waals surface area contributed by atoms with Gasteiger partial charge in [0.25, 0.3) is 5.56 Å². The Balaban J connectivity index is 2.51. The number of nitrogens with zero attached hydrogens (tertiary/aromatic N) is 3. The highest BCUT2D eigenvalue weighted by atomic mass is 16.6. The lowest BCUT2D eigenvalue weighted by atomic mass is 10.2. The monoisotopic (exact) mass is 249 g/mol. The number of carbonyl (C=O) groups is 1. The maximum atomic E-state index is 12.0. The van der Waals surface area contributed by atoms with Crippen molar-refractivity contribution in [3.05, 3.63) is 45.1 Å². The summed E-state index contributed by atoms with van der Waals surface area (Å²) in [5.74, 6) is -1.25. The van der Waals surface area contributed by atoms with Gasteiger partial charge in [-0.05, 0) is 26.0 Å². The molecule has 0 unspecified atom stereocenters. The highest BCUT2D eigenvalue weighted by molar-refractivity contribution is 5.87. The Labute approximate surface area is 102 Å². The first-order valence-corrected chi connectivity index (χ1v) is 5.22. The zero-order valence-electron chi connectivity index (χ0n) is 9.88. The van der Waals surface area contributed by atoms with Gasteiger partial charge in [-0.2, -0.15) is 0 Å². The summed E-state index contributed by atoms with van der Waals surface area (Å²) in [4.78, 5) is 22.9. The molecule has 2 heterocycles. The molecule has 0 radical (unpaired) electrons. The molecule has 0 atom stereocenters. The minimum Gasteiger partial charge on any atom is -0.477 e. The van der Waals surface area contributed by atoms with E-state index >= 15 is 0 Å². The number of hydrogen-bond donors (Lipinski definition) is 1. The second-order valence-electron chi connectivity index (χ2n) is 3.88.